The summed E-state index contributed by atoms with van der Waals surface area (Å²) < 4.78 is 31.3. The van der Waals surface area contributed by atoms with E-state index in [1.807, 2.05) is 0 Å². The maximum absolute atomic E-state index is 12.9. The number of esters is 1. The van der Waals surface area contributed by atoms with Crippen LogP contribution in [0, 0.1) is 5.92 Å². The topological polar surface area (TPSA) is 77.5 Å². The number of carbonyl (C=O) groups excluding carboxylic acids is 2. The third-order valence-corrected chi connectivity index (χ3v) is 7.02. The number of fused-ring (bicyclic) bond motifs is 2. The smallest absolute Gasteiger partial charge is 0.338 e. The summed E-state index contributed by atoms with van der Waals surface area (Å²) >= 11 is 0. The number of hydrogen-bond donors (Lipinski definition) is 0. The summed E-state index contributed by atoms with van der Waals surface area (Å²) in [4.78, 5) is 25.0. The SMILES string of the molecule is CCCCC(CC)COC(=O)c1ccc2c(c1)S(=O)(=O)c1ccccc1C2=O. The van der Waals surface area contributed by atoms with Gasteiger partial charge in [0.15, 0.2) is 5.78 Å². The number of unbranched alkanes of at least 4 members (excludes halogenated alkanes) is 1. The highest BCUT2D eigenvalue weighted by Gasteiger charge is 2.35. The summed E-state index contributed by atoms with van der Waals surface area (Å²) in [6.07, 6.45) is 4.07. The number of carbonyl (C=O) groups is 2. The van der Waals surface area contributed by atoms with Gasteiger partial charge in [-0.3, -0.25) is 4.79 Å². The average molecular weight is 400 g/mol. The molecule has 6 heteroatoms. The molecule has 0 bridgehead atoms. The van der Waals surface area contributed by atoms with Gasteiger partial charge in [0, 0.05) is 11.1 Å². The van der Waals surface area contributed by atoms with Crippen molar-refractivity contribution >= 4 is 21.6 Å². The van der Waals surface area contributed by atoms with Gasteiger partial charge in [-0.25, -0.2) is 13.2 Å². The van der Waals surface area contributed by atoms with Crippen LogP contribution in [-0.4, -0.2) is 26.8 Å². The van der Waals surface area contributed by atoms with Crippen LogP contribution in [0.5, 0.6) is 0 Å². The number of benzene rings is 2. The second-order valence-electron chi connectivity index (χ2n) is 7.05. The Morgan fingerprint density at radius 1 is 1.04 bits per heavy atom. The van der Waals surface area contributed by atoms with Crippen molar-refractivity contribution in [2.24, 2.45) is 5.92 Å². The van der Waals surface area contributed by atoms with Crippen molar-refractivity contribution in [2.75, 3.05) is 6.61 Å². The van der Waals surface area contributed by atoms with Crippen LogP contribution in [0.3, 0.4) is 0 Å². The molecule has 0 N–H and O–H groups in total. The fraction of sp³-hybridized carbons (Fsp3) is 0.364. The van der Waals surface area contributed by atoms with E-state index in [4.69, 9.17) is 4.74 Å². The Morgan fingerprint density at radius 3 is 2.46 bits per heavy atom. The van der Waals surface area contributed by atoms with Gasteiger partial charge in [-0.15, -0.1) is 0 Å². The molecule has 3 rings (SSSR count). The molecular weight excluding hydrogens is 376 g/mol. The Bertz CT molecular complexity index is 1010. The molecule has 28 heavy (non-hydrogen) atoms. The molecule has 5 nitrogen and oxygen atoms in total. The summed E-state index contributed by atoms with van der Waals surface area (Å²) in [6, 6.07) is 10.2. The monoisotopic (exact) mass is 400 g/mol. The van der Waals surface area contributed by atoms with Crippen LogP contribution in [0.15, 0.2) is 52.3 Å². The lowest BCUT2D eigenvalue weighted by Crippen LogP contribution is -2.21. The minimum Gasteiger partial charge on any atom is -0.462 e. The lowest BCUT2D eigenvalue weighted by Gasteiger charge is -2.19. The lowest BCUT2D eigenvalue weighted by molar-refractivity contribution is 0.0427. The molecule has 148 valence electrons. The molecule has 2 aromatic carbocycles. The predicted octanol–water partition coefficient (Wildman–Crippen LogP) is 4.44. The third kappa shape index (κ3) is 3.74. The van der Waals surface area contributed by atoms with E-state index in [2.05, 4.69) is 13.8 Å². The number of ketones is 1. The maximum Gasteiger partial charge on any atom is 0.338 e. The zero-order chi connectivity index (χ0) is 20.3. The predicted molar refractivity (Wildman–Crippen MR) is 105 cm³/mol. The summed E-state index contributed by atoms with van der Waals surface area (Å²) in [5.41, 5.74) is 0.386. The average Bonchev–Trinajstić information content (AvgIpc) is 2.72. The van der Waals surface area contributed by atoms with Crippen molar-refractivity contribution in [3.8, 4) is 0 Å². The number of ether oxygens (including phenoxy) is 1. The van der Waals surface area contributed by atoms with Gasteiger partial charge in [-0.1, -0.05) is 45.2 Å². The highest BCUT2D eigenvalue weighted by molar-refractivity contribution is 7.91. The Hall–Kier alpha value is -2.47. The lowest BCUT2D eigenvalue weighted by atomic mass is 10.0. The van der Waals surface area contributed by atoms with Gasteiger partial charge in [0.1, 0.15) is 0 Å². The Labute approximate surface area is 165 Å². The molecule has 1 atom stereocenters. The molecule has 0 radical (unpaired) electrons. The van der Waals surface area contributed by atoms with Gasteiger partial charge in [0.05, 0.1) is 22.0 Å². The molecule has 0 fully saturated rings. The van der Waals surface area contributed by atoms with Gasteiger partial charge in [-0.2, -0.15) is 0 Å². The summed E-state index contributed by atoms with van der Waals surface area (Å²) in [5, 5.41) is 0. The van der Waals surface area contributed by atoms with Crippen molar-refractivity contribution < 1.29 is 22.7 Å². The molecule has 0 aromatic heterocycles. The first-order chi connectivity index (χ1) is 13.4. The Morgan fingerprint density at radius 2 is 1.75 bits per heavy atom. The number of rotatable bonds is 7. The summed E-state index contributed by atoms with van der Waals surface area (Å²) in [7, 11) is -3.87. The first-order valence-electron chi connectivity index (χ1n) is 9.60. The van der Waals surface area contributed by atoms with E-state index in [0.717, 1.165) is 25.7 Å². The van der Waals surface area contributed by atoms with Gasteiger partial charge in [-0.05, 0) is 42.7 Å². The first kappa shape index (κ1) is 20.3. The molecule has 0 amide bonds. The molecule has 1 aliphatic heterocycles. The van der Waals surface area contributed by atoms with Crippen molar-refractivity contribution in [2.45, 2.75) is 49.3 Å². The fourth-order valence-electron chi connectivity index (χ4n) is 3.39. The molecule has 0 aliphatic carbocycles. The van der Waals surface area contributed by atoms with Crippen LogP contribution >= 0.6 is 0 Å². The van der Waals surface area contributed by atoms with Crippen molar-refractivity contribution in [3.63, 3.8) is 0 Å². The Kier molecular flexibility index (Phi) is 5.98. The van der Waals surface area contributed by atoms with Crippen molar-refractivity contribution in [1.82, 2.24) is 0 Å². The molecule has 0 saturated heterocycles. The van der Waals surface area contributed by atoms with Crippen molar-refractivity contribution in [1.29, 1.82) is 0 Å². The van der Waals surface area contributed by atoms with Crippen LogP contribution in [0.2, 0.25) is 0 Å². The largest absolute Gasteiger partial charge is 0.462 e. The van der Waals surface area contributed by atoms with E-state index in [-0.39, 0.29) is 32.3 Å². The van der Waals surface area contributed by atoms with E-state index in [1.165, 1.54) is 30.3 Å². The van der Waals surface area contributed by atoms with Crippen LogP contribution in [0.4, 0.5) is 0 Å². The summed E-state index contributed by atoms with van der Waals surface area (Å²) in [6.45, 7) is 4.48. The standard InChI is InChI=1S/C22H24O5S/c1-3-5-8-15(4-2)14-27-22(24)16-11-12-18-20(13-16)28(25,26)19-10-7-6-9-17(19)21(18)23/h6-7,9-13,15H,3-5,8,14H2,1-2H3. The molecule has 1 heterocycles. The van der Waals surface area contributed by atoms with Gasteiger partial charge < -0.3 is 4.74 Å². The first-order valence-corrected chi connectivity index (χ1v) is 11.1. The quantitative estimate of drug-likeness (QED) is 0.548. The third-order valence-electron chi connectivity index (χ3n) is 5.17. The molecule has 0 spiro atoms. The van der Waals surface area contributed by atoms with E-state index in [9.17, 15) is 18.0 Å². The summed E-state index contributed by atoms with van der Waals surface area (Å²) in [5.74, 6) is -0.635. The van der Waals surface area contributed by atoms with Gasteiger partial charge in [0.25, 0.3) is 0 Å². The second-order valence-corrected chi connectivity index (χ2v) is 8.94. The minimum absolute atomic E-state index is 0.0244. The normalized spacial score (nSPS) is 15.4. The Balaban J connectivity index is 1.86. The van der Waals surface area contributed by atoms with E-state index in [0.29, 0.717) is 12.5 Å². The van der Waals surface area contributed by atoms with Crippen LogP contribution < -0.4 is 0 Å². The van der Waals surface area contributed by atoms with Crippen molar-refractivity contribution in [3.05, 3.63) is 59.2 Å². The van der Waals surface area contributed by atoms with E-state index < -0.39 is 15.8 Å². The zero-order valence-electron chi connectivity index (χ0n) is 16.1. The van der Waals surface area contributed by atoms with Crippen LogP contribution in [0.1, 0.15) is 65.8 Å². The fourth-order valence-corrected chi connectivity index (χ4v) is 5.06. The molecule has 1 aliphatic rings. The molecule has 0 saturated carbocycles. The van der Waals surface area contributed by atoms with E-state index >= 15 is 0 Å². The van der Waals surface area contributed by atoms with Crippen LogP contribution in [-0.2, 0) is 14.6 Å². The van der Waals surface area contributed by atoms with Gasteiger partial charge in [0.2, 0.25) is 9.84 Å². The molecular formula is C22H24O5S. The second kappa shape index (κ2) is 8.27. The number of hydrogen-bond acceptors (Lipinski definition) is 5. The molecule has 1 unspecified atom stereocenters. The van der Waals surface area contributed by atoms with E-state index in [1.54, 1.807) is 12.1 Å². The minimum atomic E-state index is -3.87. The number of sulfone groups is 1. The highest BCUT2D eigenvalue weighted by atomic mass is 32.2. The zero-order valence-corrected chi connectivity index (χ0v) is 16.9. The van der Waals surface area contributed by atoms with Gasteiger partial charge >= 0.3 is 5.97 Å². The maximum atomic E-state index is 12.9. The van der Waals surface area contributed by atoms with Crippen LogP contribution in [0.25, 0.3) is 0 Å². The highest BCUT2D eigenvalue weighted by Crippen LogP contribution is 2.34. The molecule has 2 aromatic rings.